The molecule has 0 aromatic carbocycles. The average molecular weight is 171 g/mol. The molecule has 2 nitrogen and oxygen atoms in total. The first-order chi connectivity index (χ1) is 5.77. The van der Waals surface area contributed by atoms with Gasteiger partial charge in [0.2, 0.25) is 0 Å². The molecule has 0 aromatic rings. The summed E-state index contributed by atoms with van der Waals surface area (Å²) in [6.07, 6.45) is 4.90. The maximum Gasteiger partial charge on any atom is 0.0445 e. The van der Waals surface area contributed by atoms with E-state index < -0.39 is 0 Å². The van der Waals surface area contributed by atoms with Crippen LogP contribution >= 0.6 is 0 Å². The minimum absolute atomic E-state index is 0.301. The van der Waals surface area contributed by atoms with Gasteiger partial charge in [-0.1, -0.05) is 6.92 Å². The van der Waals surface area contributed by atoms with E-state index in [0.717, 1.165) is 12.3 Å². The highest BCUT2D eigenvalue weighted by atomic mass is 16.3. The number of nitrogens with one attached hydrogen (secondary N) is 1. The monoisotopic (exact) mass is 171 g/mol. The van der Waals surface area contributed by atoms with Crippen LogP contribution in [0, 0.1) is 5.92 Å². The lowest BCUT2D eigenvalue weighted by atomic mass is 10.1. The van der Waals surface area contributed by atoms with Crippen LogP contribution in [0.15, 0.2) is 0 Å². The quantitative estimate of drug-likeness (QED) is 0.635. The normalized spacial score (nSPS) is 22.2. The Kier molecular flexibility index (Phi) is 4.02. The van der Waals surface area contributed by atoms with Crippen LogP contribution in [0.2, 0.25) is 0 Å². The van der Waals surface area contributed by atoms with Crippen molar-refractivity contribution in [3.63, 3.8) is 0 Å². The molecule has 2 heteroatoms. The van der Waals surface area contributed by atoms with E-state index in [0.29, 0.717) is 18.7 Å². The third-order valence-corrected chi connectivity index (χ3v) is 2.69. The highest BCUT2D eigenvalue weighted by Crippen LogP contribution is 2.34. The molecule has 1 aliphatic rings. The van der Waals surface area contributed by atoms with Crippen LogP contribution in [0.25, 0.3) is 0 Å². The van der Waals surface area contributed by atoms with Crippen LogP contribution in [0.5, 0.6) is 0 Å². The van der Waals surface area contributed by atoms with Gasteiger partial charge >= 0.3 is 0 Å². The molecule has 0 spiro atoms. The molecule has 0 aliphatic heterocycles. The fourth-order valence-electron chi connectivity index (χ4n) is 1.73. The van der Waals surface area contributed by atoms with Gasteiger partial charge in [0.05, 0.1) is 0 Å². The van der Waals surface area contributed by atoms with Gasteiger partial charge in [-0.25, -0.2) is 0 Å². The summed E-state index contributed by atoms with van der Waals surface area (Å²) in [5.41, 5.74) is 0. The molecule has 0 aromatic heterocycles. The summed E-state index contributed by atoms with van der Waals surface area (Å²) in [6.45, 7) is 4.69. The fourth-order valence-corrected chi connectivity index (χ4v) is 1.73. The third-order valence-electron chi connectivity index (χ3n) is 2.69. The van der Waals surface area contributed by atoms with Crippen molar-refractivity contribution in [3.8, 4) is 0 Å². The lowest BCUT2D eigenvalue weighted by Gasteiger charge is -2.21. The van der Waals surface area contributed by atoms with E-state index in [1.54, 1.807) is 0 Å². The first-order valence-corrected chi connectivity index (χ1v) is 5.14. The molecule has 0 radical (unpaired) electrons. The third kappa shape index (κ3) is 3.11. The zero-order valence-electron chi connectivity index (χ0n) is 8.21. The van der Waals surface area contributed by atoms with Crippen molar-refractivity contribution >= 4 is 0 Å². The minimum Gasteiger partial charge on any atom is -0.396 e. The van der Waals surface area contributed by atoms with Crippen LogP contribution in [0.4, 0.5) is 0 Å². The van der Waals surface area contributed by atoms with Gasteiger partial charge < -0.3 is 10.4 Å². The van der Waals surface area contributed by atoms with Gasteiger partial charge in [0.1, 0.15) is 0 Å². The maximum atomic E-state index is 8.74. The van der Waals surface area contributed by atoms with E-state index in [1.165, 1.54) is 19.3 Å². The van der Waals surface area contributed by atoms with Crippen molar-refractivity contribution in [2.75, 3.05) is 6.61 Å². The van der Waals surface area contributed by atoms with E-state index in [2.05, 4.69) is 19.2 Å². The van der Waals surface area contributed by atoms with Gasteiger partial charge in [0, 0.05) is 18.7 Å². The molecule has 1 rings (SSSR count). The van der Waals surface area contributed by atoms with Crippen LogP contribution in [-0.4, -0.2) is 23.8 Å². The molecule has 0 heterocycles. The first-order valence-electron chi connectivity index (χ1n) is 5.14. The van der Waals surface area contributed by atoms with Gasteiger partial charge in [0.25, 0.3) is 0 Å². The Labute approximate surface area is 75.4 Å². The van der Waals surface area contributed by atoms with Gasteiger partial charge in [-0.3, -0.25) is 0 Å². The molecule has 2 N–H and O–H groups in total. The summed E-state index contributed by atoms with van der Waals surface area (Å²) in [4.78, 5) is 0. The summed E-state index contributed by atoms with van der Waals surface area (Å²) < 4.78 is 0. The van der Waals surface area contributed by atoms with Crippen LogP contribution in [-0.2, 0) is 0 Å². The Hall–Kier alpha value is -0.0800. The number of rotatable bonds is 6. The van der Waals surface area contributed by atoms with E-state index >= 15 is 0 Å². The highest BCUT2D eigenvalue weighted by molar-refractivity contribution is 4.86. The Balaban J connectivity index is 2.16. The number of hydrogen-bond donors (Lipinski definition) is 2. The molecular weight excluding hydrogens is 150 g/mol. The van der Waals surface area contributed by atoms with E-state index in [-0.39, 0.29) is 0 Å². The molecule has 1 aliphatic carbocycles. The SMILES string of the molecule is CCC(NC(C)CCO)C1CC1. The largest absolute Gasteiger partial charge is 0.396 e. The van der Waals surface area contributed by atoms with Gasteiger partial charge in [-0.2, -0.15) is 0 Å². The molecule has 72 valence electrons. The molecule has 2 unspecified atom stereocenters. The predicted molar refractivity (Wildman–Crippen MR) is 51.1 cm³/mol. The average Bonchev–Trinajstić information content (AvgIpc) is 2.83. The van der Waals surface area contributed by atoms with Crippen molar-refractivity contribution in [2.24, 2.45) is 5.92 Å². The molecule has 12 heavy (non-hydrogen) atoms. The summed E-state index contributed by atoms with van der Waals surface area (Å²) in [5.74, 6) is 0.927. The van der Waals surface area contributed by atoms with Crippen LogP contribution in [0.1, 0.15) is 39.5 Å². The minimum atomic E-state index is 0.301. The predicted octanol–water partition coefficient (Wildman–Crippen LogP) is 1.54. The van der Waals surface area contributed by atoms with Crippen molar-refractivity contribution in [1.82, 2.24) is 5.32 Å². The van der Waals surface area contributed by atoms with Crippen molar-refractivity contribution in [1.29, 1.82) is 0 Å². The standard InChI is InChI=1S/C10H21NO/c1-3-10(9-4-5-9)11-8(2)6-7-12/h8-12H,3-7H2,1-2H3. The number of aliphatic hydroxyl groups is 1. The van der Waals surface area contributed by atoms with Gasteiger partial charge in [-0.05, 0) is 38.5 Å². The molecule has 2 atom stereocenters. The zero-order chi connectivity index (χ0) is 8.97. The molecule has 0 amide bonds. The van der Waals surface area contributed by atoms with E-state index in [9.17, 15) is 0 Å². The number of aliphatic hydroxyl groups excluding tert-OH is 1. The maximum absolute atomic E-state index is 8.74. The Morgan fingerprint density at radius 2 is 2.17 bits per heavy atom. The van der Waals surface area contributed by atoms with E-state index in [4.69, 9.17) is 5.11 Å². The molecule has 1 fully saturated rings. The van der Waals surface area contributed by atoms with Crippen molar-refractivity contribution < 1.29 is 5.11 Å². The summed E-state index contributed by atoms with van der Waals surface area (Å²) >= 11 is 0. The second-order valence-electron chi connectivity index (χ2n) is 3.93. The Bertz CT molecular complexity index is 123. The van der Waals surface area contributed by atoms with Crippen molar-refractivity contribution in [3.05, 3.63) is 0 Å². The summed E-state index contributed by atoms with van der Waals surface area (Å²) in [7, 11) is 0. The second kappa shape index (κ2) is 4.83. The Morgan fingerprint density at radius 3 is 2.58 bits per heavy atom. The topological polar surface area (TPSA) is 32.3 Å². The smallest absolute Gasteiger partial charge is 0.0445 e. The highest BCUT2D eigenvalue weighted by Gasteiger charge is 2.30. The van der Waals surface area contributed by atoms with Gasteiger partial charge in [-0.15, -0.1) is 0 Å². The fraction of sp³-hybridized carbons (Fsp3) is 1.00. The lowest BCUT2D eigenvalue weighted by molar-refractivity contribution is 0.258. The van der Waals surface area contributed by atoms with Gasteiger partial charge in [0.15, 0.2) is 0 Å². The number of hydrogen-bond acceptors (Lipinski definition) is 2. The van der Waals surface area contributed by atoms with E-state index in [1.807, 2.05) is 0 Å². The van der Waals surface area contributed by atoms with Crippen molar-refractivity contribution in [2.45, 2.75) is 51.6 Å². The molecule has 1 saturated carbocycles. The molecular formula is C10H21NO. The Morgan fingerprint density at radius 1 is 1.50 bits per heavy atom. The zero-order valence-corrected chi connectivity index (χ0v) is 8.21. The van der Waals surface area contributed by atoms with Crippen LogP contribution < -0.4 is 5.32 Å². The summed E-state index contributed by atoms with van der Waals surface area (Å²) in [6, 6.07) is 1.17. The second-order valence-corrected chi connectivity index (χ2v) is 3.93. The molecule has 0 bridgehead atoms. The summed E-state index contributed by atoms with van der Waals surface area (Å²) in [5, 5.41) is 12.3. The van der Waals surface area contributed by atoms with Crippen LogP contribution in [0.3, 0.4) is 0 Å². The molecule has 0 saturated heterocycles. The lowest BCUT2D eigenvalue weighted by Crippen LogP contribution is -2.38. The first kappa shape index (κ1) is 10.0.